The average molecular weight is 557 g/mol. The first-order chi connectivity index (χ1) is 17.8. The Balaban J connectivity index is 2.16. The standard InChI is InChI=1S/C26H45N4O7P/c1-26(2,3)23-6-4-22(5-7-23)20-38(36,37)21-30-14-12-28(18-24(32)33)10-8-27(16-17-31)9-11-29(13-15-30)19-25(34)35/h4-7,31H,8-21H2,1-3H3,(H,32,33)(H,34,35)(H,36,37). The van der Waals surface area contributed by atoms with Crippen molar-refractivity contribution in [3.8, 4) is 0 Å². The van der Waals surface area contributed by atoms with Crippen LogP contribution in [0.5, 0.6) is 0 Å². The van der Waals surface area contributed by atoms with Crippen molar-refractivity contribution in [2.75, 3.05) is 84.9 Å². The fourth-order valence-electron chi connectivity index (χ4n) is 4.54. The molecule has 1 heterocycles. The molecule has 0 saturated carbocycles. The zero-order valence-corrected chi connectivity index (χ0v) is 23.9. The van der Waals surface area contributed by atoms with Crippen LogP contribution in [-0.2, 0) is 25.7 Å². The van der Waals surface area contributed by atoms with Crippen LogP contribution in [0.4, 0.5) is 0 Å². The Morgan fingerprint density at radius 3 is 1.61 bits per heavy atom. The van der Waals surface area contributed by atoms with Gasteiger partial charge >= 0.3 is 11.9 Å². The van der Waals surface area contributed by atoms with Crippen LogP contribution in [0, 0.1) is 0 Å². The summed E-state index contributed by atoms with van der Waals surface area (Å²) in [6, 6.07) is 7.75. The predicted molar refractivity (Wildman–Crippen MR) is 147 cm³/mol. The fraction of sp³-hybridized carbons (Fsp3) is 0.692. The SMILES string of the molecule is CC(C)(C)c1ccc(CP(=O)(O)CN2CCN(CC(=O)O)CCN(CCO)CCN(CC(=O)O)CC2)cc1. The molecule has 0 radical (unpaired) electrons. The van der Waals surface area contributed by atoms with Crippen LogP contribution in [0.25, 0.3) is 0 Å². The highest BCUT2D eigenvalue weighted by molar-refractivity contribution is 7.57. The van der Waals surface area contributed by atoms with Gasteiger partial charge in [0.05, 0.1) is 32.1 Å². The van der Waals surface area contributed by atoms with Gasteiger partial charge in [-0.2, -0.15) is 0 Å². The van der Waals surface area contributed by atoms with Gasteiger partial charge in [-0.3, -0.25) is 33.8 Å². The zero-order chi connectivity index (χ0) is 28.3. The maximum absolute atomic E-state index is 13.3. The number of benzene rings is 1. The highest BCUT2D eigenvalue weighted by Crippen LogP contribution is 2.45. The summed E-state index contributed by atoms with van der Waals surface area (Å²) in [6.07, 6.45) is -0.0335. The van der Waals surface area contributed by atoms with Crippen molar-refractivity contribution in [3.05, 3.63) is 35.4 Å². The third kappa shape index (κ3) is 12.3. The molecular weight excluding hydrogens is 511 g/mol. The minimum absolute atomic E-state index is 0.0143. The van der Waals surface area contributed by atoms with E-state index in [4.69, 9.17) is 0 Å². The number of nitrogens with zero attached hydrogens (tertiary/aromatic N) is 4. The summed E-state index contributed by atoms with van der Waals surface area (Å²) in [4.78, 5) is 41.2. The van der Waals surface area contributed by atoms with Gasteiger partial charge in [0.2, 0.25) is 7.37 Å². The second-order valence-electron chi connectivity index (χ2n) is 11.1. The molecule has 1 atom stereocenters. The van der Waals surface area contributed by atoms with Gasteiger partial charge in [0.1, 0.15) is 0 Å². The van der Waals surface area contributed by atoms with Gasteiger partial charge in [-0.1, -0.05) is 45.0 Å². The molecule has 1 fully saturated rings. The number of aliphatic hydroxyl groups excluding tert-OH is 1. The quantitative estimate of drug-likeness (QED) is 0.307. The van der Waals surface area contributed by atoms with E-state index in [-0.39, 0.29) is 37.6 Å². The molecule has 1 aromatic carbocycles. The molecule has 0 aromatic heterocycles. The van der Waals surface area contributed by atoms with Crippen molar-refractivity contribution in [1.29, 1.82) is 0 Å². The lowest BCUT2D eigenvalue weighted by molar-refractivity contribution is -0.139. The summed E-state index contributed by atoms with van der Waals surface area (Å²) < 4.78 is 13.3. The number of aliphatic hydroxyl groups is 1. The summed E-state index contributed by atoms with van der Waals surface area (Å²) in [5.41, 5.74) is 1.91. The van der Waals surface area contributed by atoms with Crippen LogP contribution < -0.4 is 0 Å². The first kappa shape index (κ1) is 32.4. The minimum atomic E-state index is -3.61. The number of carbonyl (C=O) groups is 2. The van der Waals surface area contributed by atoms with Gasteiger partial charge in [-0.05, 0) is 16.5 Å². The molecule has 1 aliphatic heterocycles. The summed E-state index contributed by atoms with van der Waals surface area (Å²) in [6.45, 7) is 9.90. The fourth-order valence-corrected chi connectivity index (χ4v) is 6.33. The van der Waals surface area contributed by atoms with Crippen LogP contribution in [0.1, 0.15) is 31.9 Å². The highest BCUT2D eigenvalue weighted by Gasteiger charge is 2.26. The molecule has 0 aliphatic carbocycles. The molecule has 1 unspecified atom stereocenters. The molecule has 4 N–H and O–H groups in total. The van der Waals surface area contributed by atoms with Gasteiger partial charge in [-0.25, -0.2) is 0 Å². The average Bonchev–Trinajstić information content (AvgIpc) is 2.79. The van der Waals surface area contributed by atoms with E-state index in [1.165, 1.54) is 0 Å². The van der Waals surface area contributed by atoms with E-state index in [0.717, 1.165) is 11.1 Å². The summed E-state index contributed by atoms with van der Waals surface area (Å²) in [5, 5.41) is 28.2. The summed E-state index contributed by atoms with van der Waals surface area (Å²) >= 11 is 0. The van der Waals surface area contributed by atoms with Crippen molar-refractivity contribution in [2.45, 2.75) is 32.3 Å². The molecule has 38 heavy (non-hydrogen) atoms. The maximum Gasteiger partial charge on any atom is 0.317 e. The molecular formula is C26H45N4O7P. The Morgan fingerprint density at radius 1 is 0.789 bits per heavy atom. The number of carboxylic acid groups (broad SMARTS) is 2. The predicted octanol–water partition coefficient (Wildman–Crippen LogP) is 1.10. The molecule has 1 aliphatic rings. The Labute approximate surface area is 226 Å². The van der Waals surface area contributed by atoms with E-state index >= 15 is 0 Å². The third-order valence-electron chi connectivity index (χ3n) is 6.73. The van der Waals surface area contributed by atoms with Crippen LogP contribution >= 0.6 is 7.37 Å². The van der Waals surface area contributed by atoms with Gasteiger partial charge in [0, 0.05) is 58.9 Å². The lowest BCUT2D eigenvalue weighted by atomic mass is 9.87. The van der Waals surface area contributed by atoms with Crippen molar-refractivity contribution >= 4 is 19.3 Å². The highest BCUT2D eigenvalue weighted by atomic mass is 31.2. The topological polar surface area (TPSA) is 145 Å². The summed E-state index contributed by atoms with van der Waals surface area (Å²) in [7, 11) is -3.61. The molecule has 12 heteroatoms. The van der Waals surface area contributed by atoms with Crippen molar-refractivity contribution < 1.29 is 34.4 Å². The Bertz CT molecular complexity index is 907. The monoisotopic (exact) mass is 556 g/mol. The van der Waals surface area contributed by atoms with Crippen LogP contribution in [0.3, 0.4) is 0 Å². The van der Waals surface area contributed by atoms with E-state index in [1.807, 2.05) is 34.1 Å². The Morgan fingerprint density at radius 2 is 1.21 bits per heavy atom. The van der Waals surface area contributed by atoms with Crippen LogP contribution in [0.15, 0.2) is 24.3 Å². The van der Waals surface area contributed by atoms with Crippen molar-refractivity contribution in [2.24, 2.45) is 0 Å². The number of aliphatic carboxylic acids is 2. The second kappa shape index (κ2) is 15.1. The summed E-state index contributed by atoms with van der Waals surface area (Å²) in [5.74, 6) is -1.90. The smallest absolute Gasteiger partial charge is 0.317 e. The van der Waals surface area contributed by atoms with E-state index in [0.29, 0.717) is 58.9 Å². The minimum Gasteiger partial charge on any atom is -0.480 e. The molecule has 11 nitrogen and oxygen atoms in total. The van der Waals surface area contributed by atoms with Gasteiger partial charge in [0.15, 0.2) is 0 Å². The Kier molecular flexibility index (Phi) is 12.8. The van der Waals surface area contributed by atoms with Gasteiger partial charge in [0.25, 0.3) is 0 Å². The first-order valence-electron chi connectivity index (χ1n) is 13.1. The molecule has 2 rings (SSSR count). The Hall–Kier alpha value is -1.85. The molecule has 1 aromatic rings. The number of rotatable bonds is 10. The molecule has 1 saturated heterocycles. The lowest BCUT2D eigenvalue weighted by Gasteiger charge is -2.33. The van der Waals surface area contributed by atoms with Crippen LogP contribution in [-0.4, -0.2) is 137 Å². The van der Waals surface area contributed by atoms with Crippen molar-refractivity contribution in [1.82, 2.24) is 19.6 Å². The van der Waals surface area contributed by atoms with Crippen LogP contribution in [0.2, 0.25) is 0 Å². The van der Waals surface area contributed by atoms with Gasteiger partial charge < -0.3 is 20.2 Å². The van der Waals surface area contributed by atoms with Crippen molar-refractivity contribution in [3.63, 3.8) is 0 Å². The number of carboxylic acids is 2. The third-order valence-corrected chi connectivity index (χ3v) is 8.44. The maximum atomic E-state index is 13.3. The number of hydrogen-bond acceptors (Lipinski definition) is 8. The number of β-amino-alcohol motifs (C(OH)–C–C–N with tert-alkyl or cyclic N) is 1. The van der Waals surface area contributed by atoms with E-state index in [1.54, 1.807) is 9.80 Å². The molecule has 0 amide bonds. The first-order valence-corrected chi connectivity index (χ1v) is 15.1. The number of hydrogen-bond donors (Lipinski definition) is 4. The van der Waals surface area contributed by atoms with Gasteiger partial charge in [-0.15, -0.1) is 0 Å². The largest absolute Gasteiger partial charge is 0.480 e. The van der Waals surface area contributed by atoms with E-state index in [9.17, 15) is 34.4 Å². The lowest BCUT2D eigenvalue weighted by Crippen LogP contribution is -2.48. The zero-order valence-electron chi connectivity index (χ0n) is 23.0. The molecule has 0 bridgehead atoms. The molecule has 216 valence electrons. The van der Waals surface area contributed by atoms with E-state index < -0.39 is 19.3 Å². The second-order valence-corrected chi connectivity index (χ2v) is 13.4. The van der Waals surface area contributed by atoms with E-state index in [2.05, 4.69) is 20.8 Å². The normalized spacial score (nSPS) is 19.8. The molecule has 0 spiro atoms.